The smallest absolute Gasteiger partial charge is 0.239 e. The molecule has 1 aliphatic rings. The summed E-state index contributed by atoms with van der Waals surface area (Å²) in [6.45, 7) is 1.94. The first-order valence-electron chi connectivity index (χ1n) is 5.08. The second kappa shape index (κ2) is 4.10. The van der Waals surface area contributed by atoms with Gasteiger partial charge in [-0.05, 0) is 19.8 Å². The molecule has 0 radical (unpaired) electrons. The lowest BCUT2D eigenvalue weighted by molar-refractivity contribution is -0.125. The first-order chi connectivity index (χ1) is 7.54. The number of amides is 1. The van der Waals surface area contributed by atoms with Gasteiger partial charge >= 0.3 is 0 Å². The molecule has 0 atom stereocenters. The van der Waals surface area contributed by atoms with Crippen LogP contribution in [0.1, 0.15) is 24.1 Å². The van der Waals surface area contributed by atoms with Crippen molar-refractivity contribution >= 4 is 39.6 Å². The number of nitrogens with zero attached hydrogens (tertiary/aromatic N) is 1. The molecule has 2 rings (SSSR count). The Morgan fingerprint density at radius 1 is 1.69 bits per heavy atom. The average Bonchev–Trinajstić information content (AvgIpc) is 2.47. The van der Waals surface area contributed by atoms with Crippen molar-refractivity contribution in [3.8, 4) is 0 Å². The number of hydrogen-bond acceptors (Lipinski definition) is 4. The van der Waals surface area contributed by atoms with Crippen LogP contribution in [0.4, 0.5) is 5.13 Å². The van der Waals surface area contributed by atoms with E-state index in [1.54, 1.807) is 6.20 Å². The van der Waals surface area contributed by atoms with Crippen molar-refractivity contribution in [3.63, 3.8) is 0 Å². The standard InChI is InChI=1S/C10H13N3OS2/c1-6-5-12-9(16-6)13-8(14)10(7(11)15)3-2-4-10/h5H,2-4H2,1H3,(H2,11,15)(H,12,13,14). The molecule has 1 aromatic rings. The normalized spacial score (nSPS) is 17.6. The van der Waals surface area contributed by atoms with Crippen molar-refractivity contribution < 1.29 is 4.79 Å². The lowest BCUT2D eigenvalue weighted by atomic mass is 9.68. The topological polar surface area (TPSA) is 68.0 Å². The molecule has 1 aliphatic carbocycles. The predicted molar refractivity (Wildman–Crippen MR) is 68.6 cm³/mol. The van der Waals surface area contributed by atoms with Crippen LogP contribution in [0.15, 0.2) is 6.20 Å². The summed E-state index contributed by atoms with van der Waals surface area (Å²) in [5.74, 6) is -0.111. The van der Waals surface area contributed by atoms with Crippen LogP contribution in [0, 0.1) is 12.3 Å². The average molecular weight is 255 g/mol. The van der Waals surface area contributed by atoms with Gasteiger partial charge in [0.15, 0.2) is 5.13 Å². The van der Waals surface area contributed by atoms with Crippen molar-refractivity contribution in [2.24, 2.45) is 11.1 Å². The Labute approximate surface area is 103 Å². The highest BCUT2D eigenvalue weighted by atomic mass is 32.1. The largest absolute Gasteiger partial charge is 0.392 e. The molecule has 0 saturated heterocycles. The summed E-state index contributed by atoms with van der Waals surface area (Å²) < 4.78 is 0. The number of rotatable bonds is 3. The molecule has 0 unspecified atom stereocenters. The summed E-state index contributed by atoms with van der Waals surface area (Å²) in [6, 6.07) is 0. The Kier molecular flexibility index (Phi) is 2.94. The highest BCUT2D eigenvalue weighted by molar-refractivity contribution is 7.80. The van der Waals surface area contributed by atoms with Gasteiger partial charge in [0.25, 0.3) is 0 Å². The predicted octanol–water partition coefficient (Wildman–Crippen LogP) is 1.85. The molecule has 6 heteroatoms. The number of carbonyl (C=O) groups excluding carboxylic acids is 1. The fourth-order valence-electron chi connectivity index (χ4n) is 1.74. The zero-order chi connectivity index (χ0) is 11.8. The molecule has 0 aliphatic heterocycles. The lowest BCUT2D eigenvalue weighted by Gasteiger charge is -2.38. The summed E-state index contributed by atoms with van der Waals surface area (Å²) >= 11 is 6.43. The number of hydrogen-bond donors (Lipinski definition) is 2. The van der Waals surface area contributed by atoms with Crippen LogP contribution in [0.3, 0.4) is 0 Å². The molecule has 1 amide bonds. The first-order valence-corrected chi connectivity index (χ1v) is 6.31. The molecule has 0 spiro atoms. The number of nitrogens with two attached hydrogens (primary N) is 1. The minimum absolute atomic E-state index is 0.111. The number of thiazole rings is 1. The van der Waals surface area contributed by atoms with Crippen LogP contribution >= 0.6 is 23.6 Å². The fraction of sp³-hybridized carbons (Fsp3) is 0.500. The van der Waals surface area contributed by atoms with E-state index in [0.717, 1.165) is 24.1 Å². The zero-order valence-electron chi connectivity index (χ0n) is 8.95. The van der Waals surface area contributed by atoms with Gasteiger partial charge in [-0.15, -0.1) is 11.3 Å². The summed E-state index contributed by atoms with van der Waals surface area (Å²) in [7, 11) is 0. The monoisotopic (exact) mass is 255 g/mol. The van der Waals surface area contributed by atoms with E-state index in [2.05, 4.69) is 10.3 Å². The van der Waals surface area contributed by atoms with E-state index in [0.29, 0.717) is 10.1 Å². The van der Waals surface area contributed by atoms with E-state index in [-0.39, 0.29) is 5.91 Å². The van der Waals surface area contributed by atoms with Gasteiger partial charge in [-0.3, -0.25) is 4.79 Å². The molecule has 86 valence electrons. The number of thiocarbonyl (C=S) groups is 1. The third-order valence-corrected chi connectivity index (χ3v) is 4.17. The first kappa shape index (κ1) is 11.5. The van der Waals surface area contributed by atoms with Crippen molar-refractivity contribution in [1.29, 1.82) is 0 Å². The van der Waals surface area contributed by atoms with Crippen LogP contribution in [-0.2, 0) is 4.79 Å². The maximum atomic E-state index is 12.1. The van der Waals surface area contributed by atoms with Gasteiger partial charge in [0.2, 0.25) is 5.91 Å². The van der Waals surface area contributed by atoms with Crippen molar-refractivity contribution in [1.82, 2.24) is 4.98 Å². The maximum absolute atomic E-state index is 12.1. The number of aromatic nitrogens is 1. The molecule has 0 aromatic carbocycles. The van der Waals surface area contributed by atoms with Crippen LogP contribution in [0.2, 0.25) is 0 Å². The summed E-state index contributed by atoms with van der Waals surface area (Å²) in [6.07, 6.45) is 4.23. The molecule has 1 heterocycles. The van der Waals surface area contributed by atoms with Gasteiger partial charge < -0.3 is 11.1 Å². The van der Waals surface area contributed by atoms with E-state index in [4.69, 9.17) is 18.0 Å². The summed E-state index contributed by atoms with van der Waals surface area (Å²) in [5, 5.41) is 3.40. The highest BCUT2D eigenvalue weighted by Crippen LogP contribution is 2.42. The Morgan fingerprint density at radius 3 is 2.75 bits per heavy atom. The van der Waals surface area contributed by atoms with Crippen LogP contribution < -0.4 is 11.1 Å². The van der Waals surface area contributed by atoms with Crippen molar-refractivity contribution in [2.75, 3.05) is 5.32 Å². The quantitative estimate of drug-likeness (QED) is 0.809. The third-order valence-electron chi connectivity index (χ3n) is 2.96. The Hall–Kier alpha value is -1.01. The molecule has 1 saturated carbocycles. The van der Waals surface area contributed by atoms with Crippen LogP contribution in [0.25, 0.3) is 0 Å². The highest BCUT2D eigenvalue weighted by Gasteiger charge is 2.47. The molecule has 3 N–H and O–H groups in total. The van der Waals surface area contributed by atoms with E-state index in [1.807, 2.05) is 6.92 Å². The van der Waals surface area contributed by atoms with E-state index in [9.17, 15) is 4.79 Å². The molecular formula is C10H13N3OS2. The Balaban J connectivity index is 2.10. The van der Waals surface area contributed by atoms with Gasteiger partial charge in [0, 0.05) is 11.1 Å². The Morgan fingerprint density at radius 2 is 2.38 bits per heavy atom. The second-order valence-electron chi connectivity index (χ2n) is 4.03. The van der Waals surface area contributed by atoms with Crippen molar-refractivity contribution in [2.45, 2.75) is 26.2 Å². The third kappa shape index (κ3) is 1.82. The van der Waals surface area contributed by atoms with E-state index >= 15 is 0 Å². The van der Waals surface area contributed by atoms with Gasteiger partial charge in [-0.25, -0.2) is 4.98 Å². The number of anilines is 1. The molecule has 1 fully saturated rings. The molecular weight excluding hydrogens is 242 g/mol. The number of carbonyl (C=O) groups is 1. The second-order valence-corrected chi connectivity index (χ2v) is 5.70. The summed E-state index contributed by atoms with van der Waals surface area (Å²) in [5.41, 5.74) is 5.02. The van der Waals surface area contributed by atoms with Gasteiger partial charge in [-0.1, -0.05) is 18.6 Å². The minimum atomic E-state index is -0.630. The maximum Gasteiger partial charge on any atom is 0.239 e. The minimum Gasteiger partial charge on any atom is -0.392 e. The molecule has 16 heavy (non-hydrogen) atoms. The van der Waals surface area contributed by atoms with Crippen LogP contribution in [0.5, 0.6) is 0 Å². The SMILES string of the molecule is Cc1cnc(NC(=O)C2(C(N)=S)CCC2)s1. The van der Waals surface area contributed by atoms with Gasteiger partial charge in [-0.2, -0.15) is 0 Å². The number of nitrogens with one attached hydrogen (secondary N) is 1. The van der Waals surface area contributed by atoms with E-state index in [1.165, 1.54) is 11.3 Å². The van der Waals surface area contributed by atoms with Crippen LogP contribution in [-0.4, -0.2) is 15.9 Å². The van der Waals surface area contributed by atoms with E-state index < -0.39 is 5.41 Å². The molecule has 0 bridgehead atoms. The molecule has 1 aromatic heterocycles. The van der Waals surface area contributed by atoms with Crippen molar-refractivity contribution in [3.05, 3.63) is 11.1 Å². The lowest BCUT2D eigenvalue weighted by Crippen LogP contribution is -2.50. The Bertz CT molecular complexity index is 437. The summed E-state index contributed by atoms with van der Waals surface area (Å²) in [4.78, 5) is 17.5. The zero-order valence-corrected chi connectivity index (χ0v) is 10.6. The van der Waals surface area contributed by atoms with Gasteiger partial charge in [0.1, 0.15) is 0 Å². The number of aryl methyl sites for hydroxylation is 1. The molecule has 4 nitrogen and oxygen atoms in total. The van der Waals surface area contributed by atoms with Gasteiger partial charge in [0.05, 0.1) is 10.4 Å². The fourth-order valence-corrected chi connectivity index (χ4v) is 2.70.